The quantitative estimate of drug-likeness (QED) is 0.630. The lowest BCUT2D eigenvalue weighted by molar-refractivity contribution is -0.734. The minimum atomic E-state index is -1.17. The van der Waals surface area contributed by atoms with Crippen LogP contribution in [0.5, 0.6) is 0 Å². The van der Waals surface area contributed by atoms with E-state index in [1.807, 2.05) is 0 Å². The number of esters is 1. The van der Waals surface area contributed by atoms with Gasteiger partial charge in [-0.15, -0.1) is 0 Å². The van der Waals surface area contributed by atoms with Gasteiger partial charge in [-0.2, -0.15) is 0 Å². The van der Waals surface area contributed by atoms with Crippen LogP contribution < -0.4 is 5.32 Å². The molecule has 0 unspecified atom stereocenters. The van der Waals surface area contributed by atoms with Crippen LogP contribution in [0.4, 0.5) is 4.39 Å². The van der Waals surface area contributed by atoms with Gasteiger partial charge in [-0.3, -0.25) is 14.5 Å². The molecule has 1 aromatic rings. The van der Waals surface area contributed by atoms with Crippen molar-refractivity contribution in [3.63, 3.8) is 0 Å². The largest absolute Gasteiger partial charge is 0.464 e. The van der Waals surface area contributed by atoms with E-state index in [0.29, 0.717) is 12.0 Å². The summed E-state index contributed by atoms with van der Waals surface area (Å²) in [4.78, 5) is 39.5. The summed E-state index contributed by atoms with van der Waals surface area (Å²) < 4.78 is 18.7. The molecule has 0 spiro atoms. The van der Waals surface area contributed by atoms with E-state index in [4.69, 9.17) is 4.74 Å². The van der Waals surface area contributed by atoms with Gasteiger partial charge in [-0.1, -0.05) is 19.1 Å². The number of nitrogens with zero attached hydrogens (tertiary/aromatic N) is 1. The highest BCUT2D eigenvalue weighted by Gasteiger charge is 2.71. The zero-order valence-corrected chi connectivity index (χ0v) is 14.5. The van der Waals surface area contributed by atoms with Crippen molar-refractivity contribution in [1.29, 1.82) is 0 Å². The number of benzene rings is 1. The molecule has 0 aliphatic carbocycles. The van der Waals surface area contributed by atoms with Crippen molar-refractivity contribution in [1.82, 2.24) is 4.90 Å². The molecule has 2 heterocycles. The van der Waals surface area contributed by atoms with Crippen LogP contribution in [0.15, 0.2) is 24.3 Å². The molecule has 1 aromatic carbocycles. The minimum Gasteiger partial charge on any atom is -0.464 e. The smallest absolute Gasteiger partial charge is 0.368 e. The first kappa shape index (κ1) is 17.5. The van der Waals surface area contributed by atoms with Crippen molar-refractivity contribution in [3.8, 4) is 0 Å². The second kappa shape index (κ2) is 6.22. The van der Waals surface area contributed by atoms with Gasteiger partial charge < -0.3 is 10.1 Å². The number of methoxy groups -OCH3 is 1. The maximum atomic E-state index is 13.7. The standard InChI is InChI=1S/C18H21FN2O4/c1-4-18(17(24)25-3)13-12(15(22)21(5-2)16(13)23)14(20-18)10-7-6-8-11(19)9-10/h6-9,12-14,20H,4-5H2,1-3H3/p+1/t12-,13-,14-,18+/m0/s1. The Labute approximate surface area is 145 Å². The summed E-state index contributed by atoms with van der Waals surface area (Å²) in [6.07, 6.45) is 0.337. The molecule has 134 valence electrons. The van der Waals surface area contributed by atoms with E-state index in [-0.39, 0.29) is 18.4 Å². The summed E-state index contributed by atoms with van der Waals surface area (Å²) in [6.45, 7) is 3.77. The lowest BCUT2D eigenvalue weighted by Crippen LogP contribution is -2.98. The number of hydrogen-bond acceptors (Lipinski definition) is 4. The molecule has 4 atom stereocenters. The van der Waals surface area contributed by atoms with Crippen molar-refractivity contribution in [2.45, 2.75) is 31.8 Å². The molecule has 6 nitrogen and oxygen atoms in total. The molecule has 0 aromatic heterocycles. The van der Waals surface area contributed by atoms with Gasteiger partial charge in [-0.05, 0) is 19.1 Å². The monoisotopic (exact) mass is 349 g/mol. The van der Waals surface area contributed by atoms with Crippen molar-refractivity contribution in [2.24, 2.45) is 11.8 Å². The normalized spacial score (nSPS) is 31.4. The number of likely N-dealkylation sites (tertiary alicyclic amines) is 1. The predicted molar refractivity (Wildman–Crippen MR) is 85.5 cm³/mol. The molecule has 7 heteroatoms. The van der Waals surface area contributed by atoms with Gasteiger partial charge in [0.25, 0.3) is 0 Å². The van der Waals surface area contributed by atoms with Crippen LogP contribution in [0.1, 0.15) is 31.9 Å². The van der Waals surface area contributed by atoms with Gasteiger partial charge >= 0.3 is 5.97 Å². The molecule has 2 aliphatic heterocycles. The molecule has 25 heavy (non-hydrogen) atoms. The highest BCUT2D eigenvalue weighted by atomic mass is 19.1. The Morgan fingerprint density at radius 1 is 1.32 bits per heavy atom. The van der Waals surface area contributed by atoms with E-state index < -0.39 is 35.2 Å². The number of amides is 2. The van der Waals surface area contributed by atoms with Gasteiger partial charge in [-0.25, -0.2) is 9.18 Å². The van der Waals surface area contributed by atoms with Crippen molar-refractivity contribution < 1.29 is 28.8 Å². The number of carbonyl (C=O) groups excluding carboxylic acids is 3. The topological polar surface area (TPSA) is 80.3 Å². The molecule has 2 aliphatic rings. The molecular formula is C18H22FN2O4+. The van der Waals surface area contributed by atoms with E-state index in [1.165, 1.54) is 24.1 Å². The van der Waals surface area contributed by atoms with Crippen LogP contribution in [-0.2, 0) is 19.1 Å². The lowest BCUT2D eigenvalue weighted by atomic mass is 9.78. The number of halogens is 1. The van der Waals surface area contributed by atoms with Gasteiger partial charge in [0, 0.05) is 18.5 Å². The maximum absolute atomic E-state index is 13.7. The second-order valence-electron chi connectivity index (χ2n) is 6.56. The van der Waals surface area contributed by atoms with E-state index >= 15 is 0 Å². The van der Waals surface area contributed by atoms with Crippen LogP contribution in [0.2, 0.25) is 0 Å². The van der Waals surface area contributed by atoms with Crippen LogP contribution in [0.3, 0.4) is 0 Å². The number of fused-ring (bicyclic) bond motifs is 1. The number of hydrogen-bond donors (Lipinski definition) is 1. The predicted octanol–water partition coefficient (Wildman–Crippen LogP) is 0.387. The highest BCUT2D eigenvalue weighted by molar-refractivity contribution is 6.08. The molecule has 3 rings (SSSR count). The highest BCUT2D eigenvalue weighted by Crippen LogP contribution is 2.45. The molecule has 0 saturated carbocycles. The first-order chi connectivity index (χ1) is 11.9. The average molecular weight is 349 g/mol. The third-order valence-corrected chi connectivity index (χ3v) is 5.56. The van der Waals surface area contributed by atoms with E-state index in [2.05, 4.69) is 0 Å². The number of ether oxygens (including phenoxy) is 1. The average Bonchev–Trinajstić information content (AvgIpc) is 3.09. The Kier molecular flexibility index (Phi) is 4.36. The van der Waals surface area contributed by atoms with Crippen LogP contribution >= 0.6 is 0 Å². The number of rotatable bonds is 4. The summed E-state index contributed by atoms with van der Waals surface area (Å²) in [5, 5.41) is 1.73. The van der Waals surface area contributed by atoms with E-state index in [1.54, 1.807) is 31.3 Å². The summed E-state index contributed by atoms with van der Waals surface area (Å²) in [7, 11) is 1.27. The van der Waals surface area contributed by atoms with Crippen LogP contribution in [0, 0.1) is 17.7 Å². The van der Waals surface area contributed by atoms with Gasteiger partial charge in [0.15, 0.2) is 0 Å². The SMILES string of the molecule is CCN1C(=O)[C@H]2[C@@H](C1=O)[C@](CC)(C(=O)OC)[NH2+][C@H]2c1cccc(F)c1. The Hall–Kier alpha value is -2.28. The molecule has 0 bridgehead atoms. The third-order valence-electron chi connectivity index (χ3n) is 5.56. The molecule has 2 fully saturated rings. The number of carbonyl (C=O) groups is 3. The Morgan fingerprint density at radius 3 is 2.60 bits per heavy atom. The molecule has 2 N–H and O–H groups in total. The summed E-state index contributed by atoms with van der Waals surface area (Å²) in [5.74, 6) is -3.09. The van der Waals surface area contributed by atoms with Gasteiger partial charge in [0.2, 0.25) is 17.4 Å². The van der Waals surface area contributed by atoms with Gasteiger partial charge in [0.05, 0.1) is 7.11 Å². The first-order valence-corrected chi connectivity index (χ1v) is 8.46. The fraction of sp³-hybridized carbons (Fsp3) is 0.500. The van der Waals surface area contributed by atoms with E-state index in [9.17, 15) is 18.8 Å². The molecule has 2 saturated heterocycles. The summed E-state index contributed by atoms with van der Waals surface area (Å²) in [5.41, 5.74) is -0.582. The van der Waals surface area contributed by atoms with Crippen molar-refractivity contribution in [3.05, 3.63) is 35.6 Å². The Balaban J connectivity index is 2.15. The van der Waals surface area contributed by atoms with E-state index in [0.717, 1.165) is 0 Å². The Bertz CT molecular complexity index is 738. The number of quaternary nitrogens is 1. The maximum Gasteiger partial charge on any atom is 0.368 e. The lowest BCUT2D eigenvalue weighted by Gasteiger charge is -2.27. The third kappa shape index (κ3) is 2.37. The Morgan fingerprint density at radius 2 is 2.04 bits per heavy atom. The second-order valence-corrected chi connectivity index (χ2v) is 6.56. The van der Waals surface area contributed by atoms with Crippen molar-refractivity contribution in [2.75, 3.05) is 13.7 Å². The van der Waals surface area contributed by atoms with Crippen LogP contribution in [-0.4, -0.2) is 41.9 Å². The fourth-order valence-corrected chi connectivity index (χ4v) is 4.38. The number of imide groups is 1. The molecule has 2 amide bonds. The zero-order valence-electron chi connectivity index (χ0n) is 14.5. The molecular weight excluding hydrogens is 327 g/mol. The summed E-state index contributed by atoms with van der Waals surface area (Å²) in [6, 6.07) is 5.46. The minimum absolute atomic E-state index is 0.251. The molecule has 0 radical (unpaired) electrons. The number of nitrogens with two attached hydrogens (primary N) is 1. The van der Waals surface area contributed by atoms with Gasteiger partial charge in [0.1, 0.15) is 23.7 Å². The summed E-state index contributed by atoms with van der Waals surface area (Å²) >= 11 is 0. The zero-order chi connectivity index (χ0) is 18.4. The fourth-order valence-electron chi connectivity index (χ4n) is 4.38. The van der Waals surface area contributed by atoms with Crippen LogP contribution in [0.25, 0.3) is 0 Å². The first-order valence-electron chi connectivity index (χ1n) is 8.46. The van der Waals surface area contributed by atoms with Crippen molar-refractivity contribution >= 4 is 17.8 Å².